The maximum Gasteiger partial charge on any atom is 0.292 e. The molecular formula is C16H21NO3. The second-order valence-electron chi connectivity index (χ2n) is 5.19. The fourth-order valence-corrected chi connectivity index (χ4v) is 2.63. The summed E-state index contributed by atoms with van der Waals surface area (Å²) in [5.74, 6) is -0.610. The number of amides is 1. The third kappa shape index (κ3) is 3.59. The molecular weight excluding hydrogens is 254 g/mol. The molecule has 1 aliphatic rings. The third-order valence-corrected chi connectivity index (χ3v) is 3.75. The van der Waals surface area contributed by atoms with Crippen molar-refractivity contribution in [3.8, 4) is 5.75 Å². The van der Waals surface area contributed by atoms with Crippen LogP contribution in [-0.4, -0.2) is 24.8 Å². The second kappa shape index (κ2) is 7.08. The van der Waals surface area contributed by atoms with Crippen molar-refractivity contribution in [2.24, 2.45) is 0 Å². The summed E-state index contributed by atoms with van der Waals surface area (Å²) in [4.78, 5) is 24.3. The Labute approximate surface area is 119 Å². The standard InChI is InChI=1S/C16H21NO3/c1-20-14-11-7-6-10-13(14)15(18)16(19)17-12-8-4-2-3-5-9-12/h6-7,10-12H,2-5,8-9H2,1H3,(H,17,19). The van der Waals surface area contributed by atoms with Crippen LogP contribution >= 0.6 is 0 Å². The molecule has 4 heteroatoms. The largest absolute Gasteiger partial charge is 0.496 e. The zero-order chi connectivity index (χ0) is 14.4. The fourth-order valence-electron chi connectivity index (χ4n) is 2.63. The lowest BCUT2D eigenvalue weighted by atomic mass is 10.1. The monoisotopic (exact) mass is 275 g/mol. The first-order valence-corrected chi connectivity index (χ1v) is 7.20. The maximum atomic E-state index is 12.2. The Kier molecular flexibility index (Phi) is 5.16. The lowest BCUT2D eigenvalue weighted by molar-refractivity contribution is -0.117. The number of ether oxygens (including phenoxy) is 1. The van der Waals surface area contributed by atoms with E-state index in [1.165, 1.54) is 20.0 Å². The van der Waals surface area contributed by atoms with Gasteiger partial charge in [0, 0.05) is 6.04 Å². The number of nitrogens with one attached hydrogen (secondary N) is 1. The van der Waals surface area contributed by atoms with Crippen molar-refractivity contribution >= 4 is 11.7 Å². The van der Waals surface area contributed by atoms with Gasteiger partial charge in [-0.2, -0.15) is 0 Å². The van der Waals surface area contributed by atoms with Gasteiger partial charge in [-0.05, 0) is 25.0 Å². The Morgan fingerprint density at radius 3 is 2.40 bits per heavy atom. The van der Waals surface area contributed by atoms with Crippen LogP contribution in [0.5, 0.6) is 5.75 Å². The third-order valence-electron chi connectivity index (χ3n) is 3.75. The number of hydrogen-bond donors (Lipinski definition) is 1. The van der Waals surface area contributed by atoms with E-state index in [4.69, 9.17) is 4.74 Å². The van der Waals surface area contributed by atoms with E-state index < -0.39 is 11.7 Å². The number of ketones is 1. The van der Waals surface area contributed by atoms with Crippen LogP contribution in [0.2, 0.25) is 0 Å². The molecule has 1 N–H and O–H groups in total. The highest BCUT2D eigenvalue weighted by Gasteiger charge is 2.23. The molecule has 1 aromatic rings. The second-order valence-corrected chi connectivity index (χ2v) is 5.19. The van der Waals surface area contributed by atoms with E-state index in [0.29, 0.717) is 11.3 Å². The highest BCUT2D eigenvalue weighted by atomic mass is 16.5. The topological polar surface area (TPSA) is 55.4 Å². The maximum absolute atomic E-state index is 12.2. The van der Waals surface area contributed by atoms with Crippen LogP contribution in [0.3, 0.4) is 0 Å². The quantitative estimate of drug-likeness (QED) is 0.522. The molecule has 0 saturated heterocycles. The van der Waals surface area contributed by atoms with Gasteiger partial charge in [-0.15, -0.1) is 0 Å². The van der Waals surface area contributed by atoms with Crippen molar-refractivity contribution in [3.05, 3.63) is 29.8 Å². The molecule has 108 valence electrons. The first kappa shape index (κ1) is 14.6. The van der Waals surface area contributed by atoms with E-state index in [-0.39, 0.29) is 6.04 Å². The van der Waals surface area contributed by atoms with Crippen molar-refractivity contribution in [1.82, 2.24) is 5.32 Å². The zero-order valence-electron chi connectivity index (χ0n) is 11.9. The molecule has 0 aromatic heterocycles. The molecule has 0 heterocycles. The molecule has 1 saturated carbocycles. The molecule has 1 aromatic carbocycles. The number of rotatable bonds is 4. The number of para-hydroxylation sites is 1. The average molecular weight is 275 g/mol. The molecule has 0 spiro atoms. The minimum atomic E-state index is -0.526. The smallest absolute Gasteiger partial charge is 0.292 e. The van der Waals surface area contributed by atoms with Crippen LogP contribution in [0.1, 0.15) is 48.9 Å². The lowest BCUT2D eigenvalue weighted by Crippen LogP contribution is -2.39. The van der Waals surface area contributed by atoms with Gasteiger partial charge in [0.15, 0.2) is 0 Å². The molecule has 1 aliphatic carbocycles. The fraction of sp³-hybridized carbons (Fsp3) is 0.500. The van der Waals surface area contributed by atoms with Crippen LogP contribution in [0, 0.1) is 0 Å². The van der Waals surface area contributed by atoms with Crippen LogP contribution in [0.25, 0.3) is 0 Å². The Balaban J connectivity index is 2.02. The Morgan fingerprint density at radius 2 is 1.75 bits per heavy atom. The number of hydrogen-bond acceptors (Lipinski definition) is 3. The van der Waals surface area contributed by atoms with Gasteiger partial charge in [0.2, 0.25) is 0 Å². The van der Waals surface area contributed by atoms with Gasteiger partial charge in [0.1, 0.15) is 5.75 Å². The van der Waals surface area contributed by atoms with E-state index in [2.05, 4.69) is 5.32 Å². The summed E-state index contributed by atoms with van der Waals surface area (Å²) >= 11 is 0. The molecule has 4 nitrogen and oxygen atoms in total. The Hall–Kier alpha value is -1.84. The summed E-state index contributed by atoms with van der Waals surface area (Å²) in [5, 5.41) is 2.86. The predicted octanol–water partition coefficient (Wildman–Crippen LogP) is 2.72. The Bertz CT molecular complexity index is 476. The number of benzene rings is 1. The summed E-state index contributed by atoms with van der Waals surface area (Å²) in [7, 11) is 1.50. The summed E-state index contributed by atoms with van der Waals surface area (Å²) in [5.41, 5.74) is 0.320. The summed E-state index contributed by atoms with van der Waals surface area (Å²) in [6.45, 7) is 0. The molecule has 20 heavy (non-hydrogen) atoms. The molecule has 1 amide bonds. The van der Waals surface area contributed by atoms with E-state index in [9.17, 15) is 9.59 Å². The van der Waals surface area contributed by atoms with Crippen molar-refractivity contribution in [2.75, 3.05) is 7.11 Å². The van der Waals surface area contributed by atoms with Gasteiger partial charge >= 0.3 is 0 Å². The first-order valence-electron chi connectivity index (χ1n) is 7.20. The van der Waals surface area contributed by atoms with Gasteiger partial charge in [0.25, 0.3) is 11.7 Å². The van der Waals surface area contributed by atoms with E-state index >= 15 is 0 Å². The number of carbonyl (C=O) groups is 2. The molecule has 0 aliphatic heterocycles. The molecule has 0 radical (unpaired) electrons. The normalized spacial score (nSPS) is 16.2. The Morgan fingerprint density at radius 1 is 1.10 bits per heavy atom. The lowest BCUT2D eigenvalue weighted by Gasteiger charge is -2.16. The zero-order valence-corrected chi connectivity index (χ0v) is 11.9. The van der Waals surface area contributed by atoms with E-state index in [1.807, 2.05) is 0 Å². The summed E-state index contributed by atoms with van der Waals surface area (Å²) in [6, 6.07) is 6.94. The molecule has 0 bridgehead atoms. The molecule has 0 unspecified atom stereocenters. The predicted molar refractivity (Wildman–Crippen MR) is 77.0 cm³/mol. The minimum Gasteiger partial charge on any atom is -0.496 e. The first-order chi connectivity index (χ1) is 9.72. The van der Waals surface area contributed by atoms with E-state index in [1.54, 1.807) is 24.3 Å². The van der Waals surface area contributed by atoms with E-state index in [0.717, 1.165) is 25.7 Å². The van der Waals surface area contributed by atoms with Crippen molar-refractivity contribution in [2.45, 2.75) is 44.6 Å². The van der Waals surface area contributed by atoms with Gasteiger partial charge in [-0.1, -0.05) is 37.8 Å². The summed E-state index contributed by atoms with van der Waals surface area (Å²) < 4.78 is 5.13. The SMILES string of the molecule is COc1ccccc1C(=O)C(=O)NC1CCCCCC1. The minimum absolute atomic E-state index is 0.128. The van der Waals surface area contributed by atoms with Crippen molar-refractivity contribution in [3.63, 3.8) is 0 Å². The number of carbonyl (C=O) groups excluding carboxylic acids is 2. The van der Waals surface area contributed by atoms with Crippen molar-refractivity contribution < 1.29 is 14.3 Å². The molecule has 1 fully saturated rings. The van der Waals surface area contributed by atoms with Gasteiger partial charge in [-0.3, -0.25) is 9.59 Å². The van der Waals surface area contributed by atoms with Gasteiger partial charge in [0.05, 0.1) is 12.7 Å². The molecule has 0 atom stereocenters. The highest BCUT2D eigenvalue weighted by Crippen LogP contribution is 2.19. The van der Waals surface area contributed by atoms with Crippen LogP contribution in [0.4, 0.5) is 0 Å². The molecule has 2 rings (SSSR count). The highest BCUT2D eigenvalue weighted by molar-refractivity contribution is 6.43. The average Bonchev–Trinajstić information content (AvgIpc) is 2.75. The van der Waals surface area contributed by atoms with Gasteiger partial charge in [-0.25, -0.2) is 0 Å². The van der Waals surface area contributed by atoms with Crippen LogP contribution in [-0.2, 0) is 4.79 Å². The van der Waals surface area contributed by atoms with Crippen LogP contribution < -0.4 is 10.1 Å². The number of methoxy groups -OCH3 is 1. The number of Topliss-reactive ketones (excluding diaryl/α,β-unsaturated/α-hetero) is 1. The van der Waals surface area contributed by atoms with Crippen molar-refractivity contribution in [1.29, 1.82) is 0 Å². The van der Waals surface area contributed by atoms with Gasteiger partial charge < -0.3 is 10.1 Å². The summed E-state index contributed by atoms with van der Waals surface area (Å²) in [6.07, 6.45) is 6.59. The van der Waals surface area contributed by atoms with Crippen LogP contribution in [0.15, 0.2) is 24.3 Å².